The lowest BCUT2D eigenvalue weighted by atomic mass is 10.1. The van der Waals surface area contributed by atoms with Gasteiger partial charge in [-0.15, -0.1) is 0 Å². The Labute approximate surface area is 133 Å². The van der Waals surface area contributed by atoms with Gasteiger partial charge in [0, 0.05) is 21.4 Å². The minimum absolute atomic E-state index is 0.314. The highest BCUT2D eigenvalue weighted by Crippen LogP contribution is 2.25. The van der Waals surface area contributed by atoms with Gasteiger partial charge >= 0.3 is 6.03 Å². The van der Waals surface area contributed by atoms with E-state index in [-0.39, 0.29) is 6.03 Å². The average molecular weight is 321 g/mol. The molecule has 21 heavy (non-hydrogen) atoms. The van der Waals surface area contributed by atoms with Gasteiger partial charge in [0.2, 0.25) is 0 Å². The number of rotatable bonds is 2. The molecule has 0 fully saturated rings. The molecular formula is C16H14Cl2N2O. The van der Waals surface area contributed by atoms with Crippen LogP contribution in [0.4, 0.5) is 16.2 Å². The van der Waals surface area contributed by atoms with Crippen molar-refractivity contribution in [3.05, 3.63) is 57.6 Å². The highest BCUT2D eigenvalue weighted by Gasteiger charge is 2.12. The van der Waals surface area contributed by atoms with E-state index in [9.17, 15) is 4.79 Å². The number of amides is 2. The van der Waals surface area contributed by atoms with Crippen molar-refractivity contribution in [1.82, 2.24) is 0 Å². The van der Waals surface area contributed by atoms with Crippen LogP contribution in [0.2, 0.25) is 10.0 Å². The van der Waals surface area contributed by atoms with Gasteiger partial charge in [-0.05, 0) is 60.7 Å². The lowest BCUT2D eigenvalue weighted by Crippen LogP contribution is -2.19. The number of carbonyl (C=O) groups is 1. The predicted molar refractivity (Wildman–Crippen MR) is 87.6 cm³/mol. The maximum atomic E-state index is 12.0. The summed E-state index contributed by atoms with van der Waals surface area (Å²) < 4.78 is 0. The number of halogens is 2. The van der Waals surface area contributed by atoms with Crippen LogP contribution in [0.1, 0.15) is 17.5 Å². The number of nitrogens with one attached hydrogen (secondary N) is 2. The Morgan fingerprint density at radius 3 is 2.29 bits per heavy atom. The van der Waals surface area contributed by atoms with Crippen LogP contribution in [0.15, 0.2) is 36.4 Å². The topological polar surface area (TPSA) is 41.1 Å². The van der Waals surface area contributed by atoms with Crippen molar-refractivity contribution in [3.63, 3.8) is 0 Å². The molecule has 0 aromatic heterocycles. The van der Waals surface area contributed by atoms with Gasteiger partial charge in [-0.3, -0.25) is 0 Å². The molecule has 108 valence electrons. The molecule has 0 bridgehead atoms. The van der Waals surface area contributed by atoms with Crippen LogP contribution in [0.5, 0.6) is 0 Å². The molecule has 0 aliphatic heterocycles. The van der Waals surface area contributed by atoms with E-state index in [1.165, 1.54) is 17.5 Å². The molecule has 2 aromatic rings. The standard InChI is InChI=1S/C16H14Cl2N2O/c17-12-7-13(18)9-15(8-12)20-16(21)19-14-5-4-10-2-1-3-11(10)6-14/h4-9H,1-3H2,(H2,19,20,21). The summed E-state index contributed by atoms with van der Waals surface area (Å²) in [6, 6.07) is 10.6. The zero-order valence-electron chi connectivity index (χ0n) is 11.2. The first-order valence-corrected chi connectivity index (χ1v) is 7.52. The van der Waals surface area contributed by atoms with E-state index < -0.39 is 0 Å². The van der Waals surface area contributed by atoms with Gasteiger partial charge in [-0.1, -0.05) is 29.3 Å². The molecule has 3 rings (SSSR count). The van der Waals surface area contributed by atoms with E-state index >= 15 is 0 Å². The largest absolute Gasteiger partial charge is 0.323 e. The second-order valence-electron chi connectivity index (χ2n) is 5.07. The molecule has 5 heteroatoms. The fourth-order valence-electron chi connectivity index (χ4n) is 2.57. The molecule has 2 N–H and O–H groups in total. The first kappa shape index (κ1) is 14.2. The SMILES string of the molecule is O=C(Nc1cc(Cl)cc(Cl)c1)Nc1ccc2c(c1)CCC2. The van der Waals surface area contributed by atoms with E-state index in [1.807, 2.05) is 12.1 Å². The molecule has 0 atom stereocenters. The molecule has 1 aliphatic carbocycles. The zero-order chi connectivity index (χ0) is 14.8. The Morgan fingerprint density at radius 1 is 0.857 bits per heavy atom. The van der Waals surface area contributed by atoms with Crippen molar-refractivity contribution in [2.24, 2.45) is 0 Å². The van der Waals surface area contributed by atoms with Crippen molar-refractivity contribution < 1.29 is 4.79 Å². The van der Waals surface area contributed by atoms with E-state index in [4.69, 9.17) is 23.2 Å². The smallest absolute Gasteiger partial charge is 0.308 e. The normalized spacial score (nSPS) is 12.9. The highest BCUT2D eigenvalue weighted by molar-refractivity contribution is 6.35. The first-order chi connectivity index (χ1) is 10.1. The van der Waals surface area contributed by atoms with Crippen LogP contribution in [0.25, 0.3) is 0 Å². The number of anilines is 2. The number of fused-ring (bicyclic) bond motifs is 1. The molecule has 0 spiro atoms. The van der Waals surface area contributed by atoms with Crippen LogP contribution in [0.3, 0.4) is 0 Å². The Kier molecular flexibility index (Phi) is 4.04. The predicted octanol–water partition coefficient (Wildman–Crippen LogP) is 5.13. The third kappa shape index (κ3) is 3.49. The Balaban J connectivity index is 1.69. The second-order valence-corrected chi connectivity index (χ2v) is 5.95. The molecule has 2 amide bonds. The quantitative estimate of drug-likeness (QED) is 0.791. The van der Waals surface area contributed by atoms with Gasteiger partial charge in [0.15, 0.2) is 0 Å². The van der Waals surface area contributed by atoms with Crippen LogP contribution in [0, 0.1) is 0 Å². The molecule has 0 heterocycles. The molecule has 0 saturated heterocycles. The van der Waals surface area contributed by atoms with Crippen molar-refractivity contribution in [2.45, 2.75) is 19.3 Å². The van der Waals surface area contributed by atoms with Gasteiger partial charge in [-0.25, -0.2) is 4.79 Å². The number of carbonyl (C=O) groups excluding carboxylic acids is 1. The summed E-state index contributed by atoms with van der Waals surface area (Å²) in [7, 11) is 0. The van der Waals surface area contributed by atoms with E-state index in [0.29, 0.717) is 15.7 Å². The summed E-state index contributed by atoms with van der Waals surface area (Å²) >= 11 is 11.8. The van der Waals surface area contributed by atoms with Crippen LogP contribution < -0.4 is 10.6 Å². The van der Waals surface area contributed by atoms with Crippen molar-refractivity contribution >= 4 is 40.6 Å². The third-order valence-electron chi connectivity index (χ3n) is 3.48. The summed E-state index contributed by atoms with van der Waals surface area (Å²) in [6.45, 7) is 0. The Morgan fingerprint density at radius 2 is 1.52 bits per heavy atom. The Bertz CT molecular complexity index is 680. The molecule has 2 aromatic carbocycles. The molecule has 0 saturated carbocycles. The maximum Gasteiger partial charge on any atom is 0.323 e. The summed E-state index contributed by atoms with van der Waals surface area (Å²) in [5, 5.41) is 6.51. The lowest BCUT2D eigenvalue weighted by Gasteiger charge is -2.09. The van der Waals surface area contributed by atoms with Gasteiger partial charge in [0.05, 0.1) is 0 Å². The van der Waals surface area contributed by atoms with Gasteiger partial charge < -0.3 is 10.6 Å². The number of hydrogen-bond acceptors (Lipinski definition) is 1. The summed E-state index contributed by atoms with van der Waals surface area (Å²) in [5.41, 5.74) is 4.05. The molecule has 0 unspecified atom stereocenters. The van der Waals surface area contributed by atoms with E-state index in [1.54, 1.807) is 18.2 Å². The molecule has 0 radical (unpaired) electrons. The molecule has 3 nitrogen and oxygen atoms in total. The van der Waals surface area contributed by atoms with E-state index in [2.05, 4.69) is 16.7 Å². The molecule has 1 aliphatic rings. The summed E-state index contributed by atoms with van der Waals surface area (Å²) in [6.07, 6.45) is 3.39. The van der Waals surface area contributed by atoms with Gasteiger partial charge in [0.1, 0.15) is 0 Å². The number of urea groups is 1. The van der Waals surface area contributed by atoms with Crippen molar-refractivity contribution in [3.8, 4) is 0 Å². The molecular weight excluding hydrogens is 307 g/mol. The number of hydrogen-bond donors (Lipinski definition) is 2. The lowest BCUT2D eigenvalue weighted by molar-refractivity contribution is 0.262. The third-order valence-corrected chi connectivity index (χ3v) is 3.91. The monoisotopic (exact) mass is 320 g/mol. The maximum absolute atomic E-state index is 12.0. The average Bonchev–Trinajstić information content (AvgIpc) is 2.84. The first-order valence-electron chi connectivity index (χ1n) is 6.76. The van der Waals surface area contributed by atoms with Gasteiger partial charge in [0.25, 0.3) is 0 Å². The van der Waals surface area contributed by atoms with Gasteiger partial charge in [-0.2, -0.15) is 0 Å². The van der Waals surface area contributed by atoms with Crippen LogP contribution in [-0.4, -0.2) is 6.03 Å². The second kappa shape index (κ2) is 5.96. The summed E-state index contributed by atoms with van der Waals surface area (Å²) in [5.74, 6) is 0. The minimum Gasteiger partial charge on any atom is -0.308 e. The summed E-state index contributed by atoms with van der Waals surface area (Å²) in [4.78, 5) is 12.0. The van der Waals surface area contributed by atoms with E-state index in [0.717, 1.165) is 18.5 Å². The fourth-order valence-corrected chi connectivity index (χ4v) is 3.10. The number of benzene rings is 2. The highest BCUT2D eigenvalue weighted by atomic mass is 35.5. The number of aryl methyl sites for hydroxylation is 2. The Hall–Kier alpha value is -1.71. The van der Waals surface area contributed by atoms with Crippen LogP contribution in [-0.2, 0) is 12.8 Å². The van der Waals surface area contributed by atoms with Crippen molar-refractivity contribution in [2.75, 3.05) is 10.6 Å². The minimum atomic E-state index is -0.314. The fraction of sp³-hybridized carbons (Fsp3) is 0.188. The van der Waals surface area contributed by atoms with Crippen LogP contribution >= 0.6 is 23.2 Å². The van der Waals surface area contributed by atoms with Crippen molar-refractivity contribution in [1.29, 1.82) is 0 Å². The zero-order valence-corrected chi connectivity index (χ0v) is 12.8.